The number of aromatic nitrogens is 1. The molecule has 9 nitrogen and oxygen atoms in total. The molecule has 42 heavy (non-hydrogen) atoms. The molecule has 0 saturated carbocycles. The normalized spacial score (nSPS) is 22.6. The molecule has 2 amide bonds. The van der Waals surface area contributed by atoms with E-state index in [1.165, 1.54) is 10.4 Å². The number of nitrogens with zero attached hydrogens (tertiary/aromatic N) is 3. The Balaban J connectivity index is 1.68. The Kier molecular flexibility index (Phi) is 8.50. The van der Waals surface area contributed by atoms with E-state index in [1.54, 1.807) is 37.1 Å². The summed E-state index contributed by atoms with van der Waals surface area (Å²) in [5.74, 6) is -0.885. The zero-order valence-corrected chi connectivity index (χ0v) is 26.3. The fourth-order valence-corrected chi connectivity index (χ4v) is 7.63. The van der Waals surface area contributed by atoms with Crippen molar-refractivity contribution in [2.75, 3.05) is 19.3 Å². The van der Waals surface area contributed by atoms with Gasteiger partial charge >= 0.3 is 12.3 Å². The number of amides is 2. The summed E-state index contributed by atoms with van der Waals surface area (Å²) < 4.78 is 72.3. The van der Waals surface area contributed by atoms with Crippen LogP contribution in [0.5, 0.6) is 0 Å². The summed E-state index contributed by atoms with van der Waals surface area (Å²) in [6.45, 7) is 10.9. The molecule has 1 aromatic carbocycles. The van der Waals surface area contributed by atoms with Crippen molar-refractivity contribution in [1.29, 1.82) is 0 Å². The zero-order chi connectivity index (χ0) is 31.4. The molecule has 1 aromatic heterocycles. The van der Waals surface area contributed by atoms with Gasteiger partial charge < -0.3 is 15.0 Å². The second-order valence-electron chi connectivity index (χ2n) is 12.9. The summed E-state index contributed by atoms with van der Waals surface area (Å²) in [6, 6.07) is 2.84. The maximum absolute atomic E-state index is 14.1. The quantitative estimate of drug-likeness (QED) is 0.493. The van der Waals surface area contributed by atoms with E-state index < -0.39 is 62.9 Å². The number of alkyl halides is 3. The molecular weight excluding hydrogens is 593 g/mol. The molecule has 4 rings (SSSR count). The largest absolute Gasteiger partial charge is 0.444 e. The molecule has 1 unspecified atom stereocenters. The van der Waals surface area contributed by atoms with Crippen molar-refractivity contribution < 1.29 is 35.9 Å². The topological polar surface area (TPSA) is 109 Å². The van der Waals surface area contributed by atoms with Gasteiger partial charge in [-0.1, -0.05) is 32.9 Å². The second kappa shape index (κ2) is 11.1. The lowest BCUT2D eigenvalue weighted by Crippen LogP contribution is -2.57. The second-order valence-corrected chi connectivity index (χ2v) is 15.7. The van der Waals surface area contributed by atoms with Gasteiger partial charge in [0.2, 0.25) is 15.9 Å². The lowest BCUT2D eigenvalue weighted by molar-refractivity contribution is -0.138. The van der Waals surface area contributed by atoms with E-state index >= 15 is 0 Å². The number of sulfonamides is 1. The van der Waals surface area contributed by atoms with Crippen LogP contribution < -0.4 is 5.32 Å². The minimum Gasteiger partial charge on any atom is -0.444 e. The average molecular weight is 631 g/mol. The molecule has 0 bridgehead atoms. The monoisotopic (exact) mass is 630 g/mol. The summed E-state index contributed by atoms with van der Waals surface area (Å²) in [7, 11) is -3.65. The Bertz CT molecular complexity index is 1450. The van der Waals surface area contributed by atoms with Crippen LogP contribution in [0.25, 0.3) is 10.6 Å². The first-order valence-electron chi connectivity index (χ1n) is 13.6. The molecule has 2 aliphatic heterocycles. The molecule has 232 valence electrons. The van der Waals surface area contributed by atoms with Gasteiger partial charge in [0.05, 0.1) is 23.6 Å². The minimum atomic E-state index is -4.51. The SMILES string of the molecule is CC(C)(C)OC(=O)NC(C(=O)N1CC[C@@H]2[C@H]1[C@@H](c1csc(-c3cccc(C(F)(F)F)c3)n1)CN2S(C)(=O)=O)C(C)(C)C. The van der Waals surface area contributed by atoms with Crippen molar-refractivity contribution in [2.24, 2.45) is 5.41 Å². The van der Waals surface area contributed by atoms with E-state index in [0.717, 1.165) is 29.7 Å². The summed E-state index contributed by atoms with van der Waals surface area (Å²) >= 11 is 1.16. The molecule has 2 aliphatic rings. The Labute approximate surface area is 248 Å². The van der Waals surface area contributed by atoms with E-state index in [2.05, 4.69) is 10.3 Å². The molecule has 4 atom stereocenters. The number of carbonyl (C=O) groups is 2. The van der Waals surface area contributed by atoms with Gasteiger partial charge in [0.25, 0.3) is 0 Å². The van der Waals surface area contributed by atoms with E-state index in [9.17, 15) is 31.2 Å². The predicted octanol–water partition coefficient (Wildman–Crippen LogP) is 5.10. The molecule has 14 heteroatoms. The van der Waals surface area contributed by atoms with Crippen LogP contribution in [0.4, 0.5) is 18.0 Å². The van der Waals surface area contributed by atoms with Crippen LogP contribution in [-0.2, 0) is 25.7 Å². The highest BCUT2D eigenvalue weighted by molar-refractivity contribution is 7.88. The number of rotatable bonds is 5. The van der Waals surface area contributed by atoms with Gasteiger partial charge in [0.15, 0.2) is 0 Å². The molecule has 3 heterocycles. The number of fused-ring (bicyclic) bond motifs is 1. The third-order valence-electron chi connectivity index (χ3n) is 7.40. The maximum Gasteiger partial charge on any atom is 0.416 e. The standard InChI is InChI=1S/C28H37F3N4O5S2/c1-26(2,3)22(33-25(37)40-27(4,5)6)24(36)34-12-11-20-21(34)18(14-35(20)42(7,38)39)19-15-41-23(32-19)16-9-8-10-17(13-16)28(29,30)31/h8-10,13,15,18,20-22H,11-12,14H2,1-7H3,(H,33,37)/t18-,20-,21-,22?/m1/s1. The number of carbonyl (C=O) groups excluding carboxylic acids is 2. The smallest absolute Gasteiger partial charge is 0.416 e. The fraction of sp³-hybridized carbons (Fsp3) is 0.607. The maximum atomic E-state index is 14.1. The first kappa shape index (κ1) is 32.2. The third-order valence-corrected chi connectivity index (χ3v) is 9.58. The number of thiazole rings is 1. The number of hydrogen-bond acceptors (Lipinski definition) is 7. The van der Waals surface area contributed by atoms with Crippen LogP contribution in [0, 0.1) is 5.41 Å². The lowest BCUT2D eigenvalue weighted by Gasteiger charge is -2.37. The minimum absolute atomic E-state index is 0.0728. The number of nitrogens with one attached hydrogen (secondary N) is 1. The van der Waals surface area contributed by atoms with Crippen LogP contribution in [0.2, 0.25) is 0 Å². The highest BCUT2D eigenvalue weighted by atomic mass is 32.2. The van der Waals surface area contributed by atoms with Crippen molar-refractivity contribution in [2.45, 2.75) is 83.8 Å². The Morgan fingerprint density at radius 2 is 1.81 bits per heavy atom. The van der Waals surface area contributed by atoms with E-state index in [1.807, 2.05) is 20.8 Å². The molecule has 0 spiro atoms. The van der Waals surface area contributed by atoms with Gasteiger partial charge in [-0.3, -0.25) is 4.79 Å². The van der Waals surface area contributed by atoms with Gasteiger partial charge in [0.1, 0.15) is 16.7 Å². The van der Waals surface area contributed by atoms with Gasteiger partial charge in [-0.05, 0) is 44.7 Å². The molecule has 1 N–H and O–H groups in total. The number of alkyl carbamates (subject to hydrolysis) is 1. The molecule has 2 fully saturated rings. The Morgan fingerprint density at radius 3 is 2.38 bits per heavy atom. The van der Waals surface area contributed by atoms with Gasteiger partial charge in [0, 0.05) is 36.0 Å². The van der Waals surface area contributed by atoms with Crippen molar-refractivity contribution in [3.05, 3.63) is 40.9 Å². The summed E-state index contributed by atoms with van der Waals surface area (Å²) in [4.78, 5) is 33.0. The molecule has 0 radical (unpaired) electrons. The van der Waals surface area contributed by atoms with Crippen molar-refractivity contribution in [3.63, 3.8) is 0 Å². The molecule has 2 saturated heterocycles. The van der Waals surface area contributed by atoms with Gasteiger partial charge in [-0.15, -0.1) is 11.3 Å². The lowest BCUT2D eigenvalue weighted by atomic mass is 9.85. The van der Waals surface area contributed by atoms with Crippen LogP contribution >= 0.6 is 11.3 Å². The first-order valence-corrected chi connectivity index (χ1v) is 16.3. The van der Waals surface area contributed by atoms with E-state index in [4.69, 9.17) is 4.74 Å². The summed E-state index contributed by atoms with van der Waals surface area (Å²) in [5, 5.41) is 4.79. The number of likely N-dealkylation sites (tertiary alicyclic amines) is 1. The highest BCUT2D eigenvalue weighted by Gasteiger charge is 2.55. The predicted molar refractivity (Wildman–Crippen MR) is 153 cm³/mol. The zero-order valence-electron chi connectivity index (χ0n) is 24.7. The number of benzene rings is 1. The number of halogens is 3. The first-order chi connectivity index (χ1) is 19.2. The van der Waals surface area contributed by atoms with Crippen LogP contribution in [0.1, 0.15) is 65.1 Å². The number of ether oxygens (including phenoxy) is 1. The van der Waals surface area contributed by atoms with Gasteiger partial charge in [-0.2, -0.15) is 17.5 Å². The fourth-order valence-electron chi connectivity index (χ4n) is 5.60. The van der Waals surface area contributed by atoms with Gasteiger partial charge in [-0.25, -0.2) is 18.2 Å². The van der Waals surface area contributed by atoms with Crippen molar-refractivity contribution >= 4 is 33.4 Å². The van der Waals surface area contributed by atoms with E-state index in [0.29, 0.717) is 22.7 Å². The Hall–Kier alpha value is -2.71. The summed E-state index contributed by atoms with van der Waals surface area (Å²) in [6.07, 6.45) is -3.73. The highest BCUT2D eigenvalue weighted by Crippen LogP contribution is 2.44. The summed E-state index contributed by atoms with van der Waals surface area (Å²) in [5.41, 5.74) is -1.47. The van der Waals surface area contributed by atoms with Crippen LogP contribution in [0.15, 0.2) is 29.6 Å². The molecule has 0 aliphatic carbocycles. The molecule has 2 aromatic rings. The van der Waals surface area contributed by atoms with Crippen LogP contribution in [-0.4, -0.2) is 77.7 Å². The van der Waals surface area contributed by atoms with Crippen LogP contribution in [0.3, 0.4) is 0 Å². The number of hydrogen-bond donors (Lipinski definition) is 1. The third kappa shape index (κ3) is 6.91. The van der Waals surface area contributed by atoms with Crippen molar-refractivity contribution in [3.8, 4) is 10.6 Å². The Morgan fingerprint density at radius 1 is 1.14 bits per heavy atom. The molecular formula is C28H37F3N4O5S2. The average Bonchev–Trinajstić information content (AvgIpc) is 3.55. The van der Waals surface area contributed by atoms with Crippen molar-refractivity contribution in [1.82, 2.24) is 19.5 Å². The van der Waals surface area contributed by atoms with E-state index in [-0.39, 0.29) is 19.0 Å².